The summed E-state index contributed by atoms with van der Waals surface area (Å²) < 4.78 is 0. The van der Waals surface area contributed by atoms with Crippen LogP contribution in [0.2, 0.25) is 0 Å². The highest BCUT2D eigenvalue weighted by Crippen LogP contribution is 2.63. The number of fused-ring (bicyclic) bond motifs is 6. The Hall–Kier alpha value is -1.57. The molecule has 130 valence electrons. The molecule has 1 amide bonds. The van der Waals surface area contributed by atoms with Crippen LogP contribution in [-0.4, -0.2) is 16.1 Å². The van der Waals surface area contributed by atoms with Crippen LogP contribution in [0.15, 0.2) is 34.1 Å². The fourth-order valence-electron chi connectivity index (χ4n) is 5.15. The van der Waals surface area contributed by atoms with Gasteiger partial charge < -0.3 is 4.98 Å². The molecule has 0 spiro atoms. The maximum absolute atomic E-state index is 12.0. The molecule has 2 aromatic rings. The Balaban J connectivity index is 1.60. The fourth-order valence-corrected chi connectivity index (χ4v) is 8.04. The van der Waals surface area contributed by atoms with Gasteiger partial charge in [-0.1, -0.05) is 23.5 Å². The first-order valence-electron chi connectivity index (χ1n) is 8.66. The number of carbonyl (C=O) groups is 1. The van der Waals surface area contributed by atoms with Crippen LogP contribution in [0.25, 0.3) is 0 Å². The van der Waals surface area contributed by atoms with Crippen LogP contribution in [0, 0.1) is 17.8 Å². The van der Waals surface area contributed by atoms with E-state index in [1.807, 2.05) is 36.0 Å². The number of thioether (sulfide) groups is 1. The largest absolute Gasteiger partial charge is 0.307 e. The zero-order valence-corrected chi connectivity index (χ0v) is 15.2. The van der Waals surface area contributed by atoms with Crippen LogP contribution in [-0.2, 0) is 0 Å². The number of thiazole rings is 1. The standard InChI is InChI=1S/C18H19N3O2S2/c19-21-16(22)9-3-1-8(2-4-9)12-13-10-5-6-11(7-10)14(13)24-17-15(12)25-18(23)20-17/h1-4,10-14H,5-7,19H2,(H,20,23)(H,21,22)/t10-,11-,12-,13-,14+/m1/s1. The highest BCUT2D eigenvalue weighted by molar-refractivity contribution is 8.00. The second kappa shape index (κ2) is 5.72. The van der Waals surface area contributed by atoms with E-state index >= 15 is 0 Å². The monoisotopic (exact) mass is 373 g/mol. The first kappa shape index (κ1) is 15.7. The van der Waals surface area contributed by atoms with E-state index in [0.29, 0.717) is 16.7 Å². The van der Waals surface area contributed by atoms with E-state index in [1.165, 1.54) is 41.0 Å². The molecule has 0 radical (unpaired) electrons. The van der Waals surface area contributed by atoms with Crippen molar-refractivity contribution in [3.63, 3.8) is 0 Å². The number of nitrogen functional groups attached to an aromatic ring is 1. The summed E-state index contributed by atoms with van der Waals surface area (Å²) in [6.45, 7) is 0. The van der Waals surface area contributed by atoms with Gasteiger partial charge in [0.15, 0.2) is 0 Å². The summed E-state index contributed by atoms with van der Waals surface area (Å²) in [6, 6.07) is 7.72. The Morgan fingerprint density at radius 1 is 1.20 bits per heavy atom. The van der Waals surface area contributed by atoms with E-state index in [2.05, 4.69) is 10.4 Å². The van der Waals surface area contributed by atoms with Crippen molar-refractivity contribution >= 4 is 29.0 Å². The highest BCUT2D eigenvalue weighted by atomic mass is 32.2. The van der Waals surface area contributed by atoms with Gasteiger partial charge in [0.25, 0.3) is 5.91 Å². The lowest BCUT2D eigenvalue weighted by atomic mass is 9.75. The molecule has 2 saturated carbocycles. The lowest BCUT2D eigenvalue weighted by Gasteiger charge is -2.40. The van der Waals surface area contributed by atoms with Gasteiger partial charge in [0.2, 0.25) is 0 Å². The molecule has 5 nitrogen and oxygen atoms in total. The topological polar surface area (TPSA) is 88.0 Å². The smallest absolute Gasteiger partial charge is 0.305 e. The zero-order valence-electron chi connectivity index (χ0n) is 13.5. The van der Waals surface area contributed by atoms with Gasteiger partial charge in [0, 0.05) is 21.6 Å². The van der Waals surface area contributed by atoms with Gasteiger partial charge in [-0.3, -0.25) is 15.0 Å². The predicted molar refractivity (Wildman–Crippen MR) is 98.8 cm³/mol. The van der Waals surface area contributed by atoms with Crippen molar-refractivity contribution in [2.45, 2.75) is 35.5 Å². The molecule has 1 aromatic heterocycles. The molecule has 1 aliphatic heterocycles. The minimum Gasteiger partial charge on any atom is -0.307 e. The van der Waals surface area contributed by atoms with Gasteiger partial charge in [0.05, 0.1) is 5.03 Å². The summed E-state index contributed by atoms with van der Waals surface area (Å²) in [6.07, 6.45) is 3.96. The maximum atomic E-state index is 12.0. The molecule has 5 atom stereocenters. The lowest BCUT2D eigenvalue weighted by molar-refractivity contribution is 0.0953. The van der Waals surface area contributed by atoms with Crippen molar-refractivity contribution < 1.29 is 4.79 Å². The molecule has 0 unspecified atom stereocenters. The number of aromatic nitrogens is 1. The summed E-state index contributed by atoms with van der Waals surface area (Å²) >= 11 is 3.25. The van der Waals surface area contributed by atoms with Gasteiger partial charge >= 0.3 is 4.87 Å². The van der Waals surface area contributed by atoms with Gasteiger partial charge in [-0.05, 0) is 54.7 Å². The van der Waals surface area contributed by atoms with Crippen molar-refractivity contribution in [3.8, 4) is 0 Å². The Labute approximate surface area is 153 Å². The number of H-pyrrole nitrogens is 1. The average molecular weight is 374 g/mol. The highest BCUT2D eigenvalue weighted by Gasteiger charge is 2.54. The van der Waals surface area contributed by atoms with Crippen LogP contribution >= 0.6 is 23.1 Å². The third-order valence-electron chi connectivity index (χ3n) is 6.13. The summed E-state index contributed by atoms with van der Waals surface area (Å²) in [5.41, 5.74) is 3.93. The molecule has 2 fully saturated rings. The number of hydrogen-bond donors (Lipinski definition) is 3. The second-order valence-corrected chi connectivity index (χ2v) is 9.48. The molecule has 5 rings (SSSR count). The number of rotatable bonds is 2. The third kappa shape index (κ3) is 2.33. The van der Waals surface area contributed by atoms with E-state index in [-0.39, 0.29) is 16.7 Å². The number of carbonyl (C=O) groups excluding carboxylic acids is 1. The summed E-state index contributed by atoms with van der Waals surface area (Å²) in [5.74, 6) is 7.33. The molecular weight excluding hydrogens is 354 g/mol. The van der Waals surface area contributed by atoms with Crippen LogP contribution in [0.5, 0.6) is 0 Å². The number of nitrogens with two attached hydrogens (primary N) is 1. The van der Waals surface area contributed by atoms with Crippen LogP contribution < -0.4 is 16.1 Å². The molecule has 4 N–H and O–H groups in total. The minimum absolute atomic E-state index is 0.0361. The van der Waals surface area contributed by atoms with Crippen molar-refractivity contribution in [2.24, 2.45) is 23.6 Å². The number of aromatic amines is 1. The van der Waals surface area contributed by atoms with Crippen molar-refractivity contribution in [1.29, 1.82) is 0 Å². The Morgan fingerprint density at radius 3 is 2.72 bits per heavy atom. The van der Waals surface area contributed by atoms with Crippen molar-refractivity contribution in [1.82, 2.24) is 10.4 Å². The fraction of sp³-hybridized carbons (Fsp3) is 0.444. The summed E-state index contributed by atoms with van der Waals surface area (Å²) in [7, 11) is 0. The molecule has 0 saturated heterocycles. The Kier molecular flexibility index (Phi) is 3.59. The maximum Gasteiger partial charge on any atom is 0.305 e. The quantitative estimate of drug-likeness (QED) is 0.429. The molecule has 25 heavy (non-hydrogen) atoms. The first-order valence-corrected chi connectivity index (χ1v) is 10.4. The van der Waals surface area contributed by atoms with E-state index in [9.17, 15) is 9.59 Å². The number of amides is 1. The number of benzene rings is 1. The molecule has 1 aromatic carbocycles. The van der Waals surface area contributed by atoms with Crippen molar-refractivity contribution in [3.05, 3.63) is 49.9 Å². The van der Waals surface area contributed by atoms with Crippen molar-refractivity contribution in [2.75, 3.05) is 0 Å². The second-order valence-electron chi connectivity index (χ2n) is 7.27. The predicted octanol–water partition coefficient (Wildman–Crippen LogP) is 2.69. The van der Waals surface area contributed by atoms with E-state index < -0.39 is 0 Å². The molecule has 3 aliphatic rings. The van der Waals surface area contributed by atoms with E-state index in [4.69, 9.17) is 5.84 Å². The zero-order chi connectivity index (χ0) is 17.1. The van der Waals surface area contributed by atoms with E-state index in [0.717, 1.165) is 16.9 Å². The molecule has 2 heterocycles. The minimum atomic E-state index is -0.282. The number of nitrogens with one attached hydrogen (secondary N) is 2. The molecule has 2 bridgehead atoms. The molecule has 7 heteroatoms. The molecular formula is C18H19N3O2S2. The first-order chi connectivity index (χ1) is 12.2. The Bertz CT molecular complexity index is 888. The van der Waals surface area contributed by atoms with Crippen LogP contribution in [0.4, 0.5) is 0 Å². The van der Waals surface area contributed by atoms with Crippen LogP contribution in [0.3, 0.4) is 0 Å². The van der Waals surface area contributed by atoms with Gasteiger partial charge in [0.1, 0.15) is 0 Å². The SMILES string of the molecule is NNC(=O)c1ccc([C@H]2c3sc(=O)[nH]c3S[C@H]3[C@@H]4CC[C@H](C4)[C@H]23)cc1. The average Bonchev–Trinajstić information content (AvgIpc) is 3.33. The van der Waals surface area contributed by atoms with Gasteiger partial charge in [-0.15, -0.1) is 11.8 Å². The lowest BCUT2D eigenvalue weighted by Crippen LogP contribution is -2.33. The van der Waals surface area contributed by atoms with Gasteiger partial charge in [-0.25, -0.2) is 5.84 Å². The summed E-state index contributed by atoms with van der Waals surface area (Å²) in [5, 5.41) is 1.67. The van der Waals surface area contributed by atoms with Gasteiger partial charge in [-0.2, -0.15) is 0 Å². The van der Waals surface area contributed by atoms with E-state index in [1.54, 1.807) is 0 Å². The number of hydrogen-bond acceptors (Lipinski definition) is 5. The van der Waals surface area contributed by atoms with Crippen LogP contribution in [0.1, 0.15) is 46.0 Å². The Morgan fingerprint density at radius 2 is 1.96 bits per heavy atom. The summed E-state index contributed by atoms with van der Waals surface area (Å²) in [4.78, 5) is 28.0. The third-order valence-corrected chi connectivity index (χ3v) is 8.75. The normalized spacial score (nSPS) is 32.3. The number of hydrazine groups is 1. The molecule has 2 aliphatic carbocycles.